The highest BCUT2D eigenvalue weighted by Gasteiger charge is 2.23. The Kier molecular flexibility index (Phi) is 6.87. The average Bonchev–Trinajstić information content (AvgIpc) is 3.26. The van der Waals surface area contributed by atoms with Gasteiger partial charge < -0.3 is 4.90 Å². The number of anilines is 1. The molecule has 0 aromatic heterocycles. The van der Waals surface area contributed by atoms with Gasteiger partial charge in [0, 0.05) is 37.3 Å². The number of Topliss-reactive ketones (excluding diaryl/α,β-unsaturated/α-hetero) is 1. The summed E-state index contributed by atoms with van der Waals surface area (Å²) in [7, 11) is 0. The molecule has 170 valence electrons. The van der Waals surface area contributed by atoms with Crippen LogP contribution in [0.2, 0.25) is 0 Å². The van der Waals surface area contributed by atoms with Crippen LogP contribution in [0.25, 0.3) is 0 Å². The number of carbonyl (C=O) groups excluding carboxylic acids is 1. The molecule has 0 amide bonds. The highest BCUT2D eigenvalue weighted by molar-refractivity contribution is 5.96. The van der Waals surface area contributed by atoms with E-state index in [4.69, 9.17) is 0 Å². The van der Waals surface area contributed by atoms with Crippen molar-refractivity contribution in [3.8, 4) is 0 Å². The van der Waals surface area contributed by atoms with Gasteiger partial charge in [0.05, 0.1) is 0 Å². The first-order valence-electron chi connectivity index (χ1n) is 12.5. The molecule has 1 fully saturated rings. The fourth-order valence-corrected chi connectivity index (χ4v) is 5.37. The lowest BCUT2D eigenvalue weighted by Gasteiger charge is -2.32. The molecule has 33 heavy (non-hydrogen) atoms. The number of ketones is 1. The number of piperidine rings is 1. The molecule has 0 saturated carbocycles. The zero-order chi connectivity index (χ0) is 22.5. The van der Waals surface area contributed by atoms with E-state index in [2.05, 4.69) is 82.6 Å². The van der Waals surface area contributed by atoms with Crippen molar-refractivity contribution in [1.82, 2.24) is 4.90 Å². The third kappa shape index (κ3) is 5.54. The summed E-state index contributed by atoms with van der Waals surface area (Å²) in [6, 6.07) is 27.7. The third-order valence-corrected chi connectivity index (χ3v) is 7.35. The largest absolute Gasteiger partial charge is 0.367 e. The standard InChI is InChI=1S/C30H34N2O/c33-30(14-11-24-15-18-31(19-16-24)22-25-7-3-1-4-8-25)28-12-13-29-27(21-28)17-20-32(29)23-26-9-5-2-6-10-26/h1-10,12-13,21,24H,11,14-20,22-23H2. The molecule has 0 N–H and O–H groups in total. The van der Waals surface area contributed by atoms with Crippen LogP contribution in [-0.2, 0) is 19.5 Å². The minimum Gasteiger partial charge on any atom is -0.367 e. The van der Waals surface area contributed by atoms with Crippen molar-refractivity contribution in [2.24, 2.45) is 5.92 Å². The second kappa shape index (κ2) is 10.4. The van der Waals surface area contributed by atoms with Gasteiger partial charge in [-0.3, -0.25) is 9.69 Å². The normalized spacial score (nSPS) is 16.7. The van der Waals surface area contributed by atoms with E-state index in [0.29, 0.717) is 18.1 Å². The monoisotopic (exact) mass is 438 g/mol. The maximum absolute atomic E-state index is 12.9. The minimum atomic E-state index is 0.311. The van der Waals surface area contributed by atoms with Crippen molar-refractivity contribution >= 4 is 11.5 Å². The van der Waals surface area contributed by atoms with E-state index >= 15 is 0 Å². The molecule has 0 unspecified atom stereocenters. The van der Waals surface area contributed by atoms with E-state index in [0.717, 1.165) is 51.1 Å². The summed E-state index contributed by atoms with van der Waals surface area (Å²) in [5.41, 5.74) is 6.24. The lowest BCUT2D eigenvalue weighted by molar-refractivity contribution is 0.0961. The second-order valence-electron chi connectivity index (χ2n) is 9.67. The van der Waals surface area contributed by atoms with Gasteiger partial charge in [-0.05, 0) is 79.6 Å². The fourth-order valence-electron chi connectivity index (χ4n) is 5.37. The number of nitrogens with zero attached hydrogens (tertiary/aromatic N) is 2. The zero-order valence-corrected chi connectivity index (χ0v) is 19.5. The zero-order valence-electron chi connectivity index (χ0n) is 19.5. The molecule has 3 heteroatoms. The Morgan fingerprint density at radius 2 is 1.45 bits per heavy atom. The highest BCUT2D eigenvalue weighted by Crippen LogP contribution is 2.31. The number of hydrogen-bond acceptors (Lipinski definition) is 3. The second-order valence-corrected chi connectivity index (χ2v) is 9.67. The van der Waals surface area contributed by atoms with Crippen LogP contribution in [0.4, 0.5) is 5.69 Å². The van der Waals surface area contributed by atoms with Crippen molar-refractivity contribution < 1.29 is 4.79 Å². The van der Waals surface area contributed by atoms with Crippen molar-refractivity contribution in [2.75, 3.05) is 24.5 Å². The van der Waals surface area contributed by atoms with Crippen LogP contribution in [0.15, 0.2) is 78.9 Å². The average molecular weight is 439 g/mol. The van der Waals surface area contributed by atoms with Crippen molar-refractivity contribution in [2.45, 2.75) is 45.2 Å². The van der Waals surface area contributed by atoms with Gasteiger partial charge in [0.2, 0.25) is 0 Å². The topological polar surface area (TPSA) is 23.6 Å². The molecule has 3 aromatic rings. The lowest BCUT2D eigenvalue weighted by Crippen LogP contribution is -2.33. The Morgan fingerprint density at radius 3 is 2.15 bits per heavy atom. The number of benzene rings is 3. The molecule has 3 aromatic carbocycles. The SMILES string of the molecule is O=C(CCC1CCN(Cc2ccccc2)CC1)c1ccc2c(c1)CCN2Cc1ccccc1. The predicted octanol–water partition coefficient (Wildman–Crippen LogP) is 6.12. The predicted molar refractivity (Wildman–Crippen MR) is 136 cm³/mol. The van der Waals surface area contributed by atoms with E-state index in [9.17, 15) is 4.79 Å². The quantitative estimate of drug-likeness (QED) is 0.396. The number of rotatable bonds is 8. The van der Waals surface area contributed by atoms with Gasteiger partial charge in [-0.25, -0.2) is 0 Å². The molecule has 2 heterocycles. The van der Waals surface area contributed by atoms with Crippen LogP contribution in [0.1, 0.15) is 52.7 Å². The van der Waals surface area contributed by atoms with Crippen LogP contribution < -0.4 is 4.90 Å². The first kappa shape index (κ1) is 21.9. The van der Waals surface area contributed by atoms with Crippen LogP contribution >= 0.6 is 0 Å². The van der Waals surface area contributed by atoms with E-state index in [-0.39, 0.29) is 0 Å². The van der Waals surface area contributed by atoms with Gasteiger partial charge in [-0.2, -0.15) is 0 Å². The minimum absolute atomic E-state index is 0.311. The van der Waals surface area contributed by atoms with Crippen molar-refractivity contribution in [1.29, 1.82) is 0 Å². The fraction of sp³-hybridized carbons (Fsp3) is 0.367. The van der Waals surface area contributed by atoms with Crippen LogP contribution in [0, 0.1) is 5.92 Å². The molecule has 0 bridgehead atoms. The Labute approximate surface area is 198 Å². The van der Waals surface area contributed by atoms with Crippen LogP contribution in [0.3, 0.4) is 0 Å². The summed E-state index contributed by atoms with van der Waals surface area (Å²) < 4.78 is 0. The Morgan fingerprint density at radius 1 is 0.788 bits per heavy atom. The maximum atomic E-state index is 12.9. The summed E-state index contributed by atoms with van der Waals surface area (Å²) in [6.07, 6.45) is 5.14. The molecule has 0 spiro atoms. The first-order chi connectivity index (χ1) is 16.2. The van der Waals surface area contributed by atoms with E-state index < -0.39 is 0 Å². The van der Waals surface area contributed by atoms with Gasteiger partial charge in [-0.1, -0.05) is 60.7 Å². The first-order valence-corrected chi connectivity index (χ1v) is 12.5. The molecular formula is C30H34N2O. The molecular weight excluding hydrogens is 404 g/mol. The summed E-state index contributed by atoms with van der Waals surface area (Å²) >= 11 is 0. The van der Waals surface area contributed by atoms with Crippen molar-refractivity contribution in [3.05, 3.63) is 101 Å². The highest BCUT2D eigenvalue weighted by atomic mass is 16.1. The summed E-state index contributed by atoms with van der Waals surface area (Å²) in [5, 5.41) is 0. The number of likely N-dealkylation sites (tertiary alicyclic amines) is 1. The van der Waals surface area contributed by atoms with Crippen LogP contribution in [0.5, 0.6) is 0 Å². The molecule has 2 aliphatic rings. The number of hydrogen-bond donors (Lipinski definition) is 0. The Hall–Kier alpha value is -2.91. The van der Waals surface area contributed by atoms with Crippen molar-refractivity contribution in [3.63, 3.8) is 0 Å². The molecule has 0 aliphatic carbocycles. The molecule has 0 radical (unpaired) electrons. The smallest absolute Gasteiger partial charge is 0.162 e. The Balaban J connectivity index is 1.10. The van der Waals surface area contributed by atoms with E-state index in [1.165, 1.54) is 35.2 Å². The number of fused-ring (bicyclic) bond motifs is 1. The molecule has 2 aliphatic heterocycles. The van der Waals surface area contributed by atoms with Crippen LogP contribution in [-0.4, -0.2) is 30.3 Å². The summed E-state index contributed by atoms with van der Waals surface area (Å²) in [6.45, 7) is 5.30. The van der Waals surface area contributed by atoms with Gasteiger partial charge in [0.1, 0.15) is 0 Å². The lowest BCUT2D eigenvalue weighted by atomic mass is 9.90. The maximum Gasteiger partial charge on any atom is 0.162 e. The van der Waals surface area contributed by atoms with Gasteiger partial charge in [0.15, 0.2) is 5.78 Å². The molecule has 3 nitrogen and oxygen atoms in total. The van der Waals surface area contributed by atoms with Gasteiger partial charge in [0.25, 0.3) is 0 Å². The summed E-state index contributed by atoms with van der Waals surface area (Å²) in [5.74, 6) is 0.989. The molecule has 0 atom stereocenters. The molecule has 1 saturated heterocycles. The van der Waals surface area contributed by atoms with E-state index in [1.54, 1.807) is 0 Å². The molecule has 5 rings (SSSR count). The van der Waals surface area contributed by atoms with E-state index in [1.807, 2.05) is 6.07 Å². The number of carbonyl (C=O) groups is 1. The summed E-state index contributed by atoms with van der Waals surface area (Å²) in [4.78, 5) is 17.9. The van der Waals surface area contributed by atoms with Gasteiger partial charge >= 0.3 is 0 Å². The Bertz CT molecular complexity index is 1060. The third-order valence-electron chi connectivity index (χ3n) is 7.35. The van der Waals surface area contributed by atoms with Gasteiger partial charge in [-0.15, -0.1) is 0 Å².